The highest BCUT2D eigenvalue weighted by Gasteiger charge is 2.23. The Labute approximate surface area is 105 Å². The third-order valence-corrected chi connectivity index (χ3v) is 3.14. The van der Waals surface area contributed by atoms with Gasteiger partial charge in [0, 0.05) is 26.2 Å². The molecule has 0 spiro atoms. The number of hydrogen-bond donors (Lipinski definition) is 1. The van der Waals surface area contributed by atoms with E-state index < -0.39 is 0 Å². The summed E-state index contributed by atoms with van der Waals surface area (Å²) in [5, 5.41) is 2.95. The number of hydrogen-bond acceptors (Lipinski definition) is 3. The van der Waals surface area contributed by atoms with Crippen LogP contribution in [0.25, 0.3) is 0 Å². The van der Waals surface area contributed by atoms with Crippen LogP contribution < -0.4 is 5.32 Å². The topological polar surface area (TPSA) is 41.6 Å². The van der Waals surface area contributed by atoms with Crippen LogP contribution in [0.2, 0.25) is 0 Å². The van der Waals surface area contributed by atoms with Crippen LogP contribution >= 0.6 is 0 Å². The van der Waals surface area contributed by atoms with Crippen molar-refractivity contribution in [1.82, 2.24) is 10.2 Å². The molecule has 1 aliphatic heterocycles. The van der Waals surface area contributed by atoms with Gasteiger partial charge >= 0.3 is 0 Å². The summed E-state index contributed by atoms with van der Waals surface area (Å²) in [7, 11) is 1.65. The predicted octanol–water partition coefficient (Wildman–Crippen LogP) is 1.12. The number of rotatable bonds is 5. The van der Waals surface area contributed by atoms with Gasteiger partial charge in [-0.15, -0.1) is 0 Å². The minimum absolute atomic E-state index is 0.0899. The number of carbonyl (C=O) groups is 1. The molecule has 0 radical (unpaired) electrons. The van der Waals surface area contributed by atoms with Gasteiger partial charge in [0.05, 0.1) is 13.2 Å². The lowest BCUT2D eigenvalue weighted by atomic mass is 9.92. The van der Waals surface area contributed by atoms with Crippen LogP contribution in [-0.4, -0.2) is 50.2 Å². The average Bonchev–Trinajstić information content (AvgIpc) is 2.14. The molecule has 1 saturated heterocycles. The molecule has 17 heavy (non-hydrogen) atoms. The standard InChI is InChI=1S/C13H26N2O2/c1-10-5-11(2)7-15(6-10)8-13(16)14-12(3)9-17-4/h10-12H,5-9H2,1-4H3,(H,14,16). The van der Waals surface area contributed by atoms with Crippen LogP contribution in [0.3, 0.4) is 0 Å². The number of amides is 1. The molecule has 0 aromatic heterocycles. The molecule has 1 N–H and O–H groups in total. The van der Waals surface area contributed by atoms with Crippen LogP contribution in [0.5, 0.6) is 0 Å². The van der Waals surface area contributed by atoms with E-state index in [0.29, 0.717) is 25.0 Å². The predicted molar refractivity (Wildman–Crippen MR) is 68.9 cm³/mol. The van der Waals surface area contributed by atoms with Gasteiger partial charge in [0.15, 0.2) is 0 Å². The second-order valence-corrected chi connectivity index (χ2v) is 5.56. The molecule has 1 rings (SSSR count). The third kappa shape index (κ3) is 5.50. The first kappa shape index (κ1) is 14.5. The van der Waals surface area contributed by atoms with Crippen LogP contribution in [0, 0.1) is 11.8 Å². The number of piperidine rings is 1. The first-order chi connectivity index (χ1) is 8.01. The van der Waals surface area contributed by atoms with Gasteiger partial charge in [0.1, 0.15) is 0 Å². The van der Waals surface area contributed by atoms with Gasteiger partial charge in [-0.2, -0.15) is 0 Å². The Morgan fingerprint density at radius 3 is 2.53 bits per heavy atom. The largest absolute Gasteiger partial charge is 0.383 e. The van der Waals surface area contributed by atoms with E-state index in [1.54, 1.807) is 7.11 Å². The Morgan fingerprint density at radius 2 is 2.00 bits per heavy atom. The van der Waals surface area contributed by atoms with Crippen molar-refractivity contribution in [3.05, 3.63) is 0 Å². The van der Waals surface area contributed by atoms with Gasteiger partial charge in [-0.3, -0.25) is 9.69 Å². The zero-order valence-corrected chi connectivity index (χ0v) is 11.5. The van der Waals surface area contributed by atoms with Crippen molar-refractivity contribution < 1.29 is 9.53 Å². The van der Waals surface area contributed by atoms with Gasteiger partial charge < -0.3 is 10.1 Å². The number of likely N-dealkylation sites (tertiary alicyclic amines) is 1. The Balaban J connectivity index is 2.30. The summed E-state index contributed by atoms with van der Waals surface area (Å²) < 4.78 is 5.00. The summed E-state index contributed by atoms with van der Waals surface area (Å²) in [4.78, 5) is 14.1. The van der Waals surface area contributed by atoms with E-state index in [9.17, 15) is 4.79 Å². The van der Waals surface area contributed by atoms with Crippen molar-refractivity contribution in [2.45, 2.75) is 33.2 Å². The van der Waals surface area contributed by atoms with E-state index in [2.05, 4.69) is 24.1 Å². The molecule has 1 fully saturated rings. The van der Waals surface area contributed by atoms with E-state index in [1.165, 1.54) is 6.42 Å². The SMILES string of the molecule is COCC(C)NC(=O)CN1CC(C)CC(C)C1. The summed E-state index contributed by atoms with van der Waals surface area (Å²) in [6.07, 6.45) is 1.28. The molecule has 100 valence electrons. The molecule has 0 saturated carbocycles. The normalized spacial score (nSPS) is 27.8. The van der Waals surface area contributed by atoms with Crippen LogP contribution in [0.15, 0.2) is 0 Å². The van der Waals surface area contributed by atoms with E-state index >= 15 is 0 Å². The van der Waals surface area contributed by atoms with E-state index in [1.807, 2.05) is 6.92 Å². The minimum Gasteiger partial charge on any atom is -0.383 e. The molecule has 0 aromatic carbocycles. The maximum atomic E-state index is 11.8. The average molecular weight is 242 g/mol. The monoisotopic (exact) mass is 242 g/mol. The molecular formula is C13H26N2O2. The lowest BCUT2D eigenvalue weighted by Gasteiger charge is -2.34. The highest BCUT2D eigenvalue weighted by atomic mass is 16.5. The van der Waals surface area contributed by atoms with Crippen molar-refractivity contribution in [3.63, 3.8) is 0 Å². The Kier molecular flexibility index (Phi) is 5.92. The quantitative estimate of drug-likeness (QED) is 0.785. The van der Waals surface area contributed by atoms with Gasteiger partial charge in [-0.1, -0.05) is 13.8 Å². The lowest BCUT2D eigenvalue weighted by molar-refractivity contribution is -0.123. The molecule has 1 heterocycles. The first-order valence-corrected chi connectivity index (χ1v) is 6.52. The van der Waals surface area contributed by atoms with Gasteiger partial charge in [0.2, 0.25) is 5.91 Å². The van der Waals surface area contributed by atoms with Crippen molar-refractivity contribution >= 4 is 5.91 Å². The number of methoxy groups -OCH3 is 1. The molecule has 0 aromatic rings. The number of ether oxygens (including phenoxy) is 1. The van der Waals surface area contributed by atoms with E-state index in [-0.39, 0.29) is 11.9 Å². The fourth-order valence-electron chi connectivity index (χ4n) is 2.74. The van der Waals surface area contributed by atoms with Crippen molar-refractivity contribution in [1.29, 1.82) is 0 Å². The fraction of sp³-hybridized carbons (Fsp3) is 0.923. The summed E-state index contributed by atoms with van der Waals surface area (Å²) in [5.41, 5.74) is 0. The van der Waals surface area contributed by atoms with Crippen LogP contribution in [-0.2, 0) is 9.53 Å². The summed E-state index contributed by atoms with van der Waals surface area (Å²) in [6.45, 7) is 9.64. The summed E-state index contributed by atoms with van der Waals surface area (Å²) in [6, 6.07) is 0.0899. The Morgan fingerprint density at radius 1 is 1.41 bits per heavy atom. The van der Waals surface area contributed by atoms with Gasteiger partial charge in [-0.05, 0) is 25.2 Å². The third-order valence-electron chi connectivity index (χ3n) is 3.14. The highest BCUT2D eigenvalue weighted by molar-refractivity contribution is 5.78. The highest BCUT2D eigenvalue weighted by Crippen LogP contribution is 2.20. The molecular weight excluding hydrogens is 216 g/mol. The molecule has 4 nitrogen and oxygen atoms in total. The lowest BCUT2D eigenvalue weighted by Crippen LogP contribution is -2.46. The van der Waals surface area contributed by atoms with Crippen LogP contribution in [0.4, 0.5) is 0 Å². The van der Waals surface area contributed by atoms with Gasteiger partial charge in [0.25, 0.3) is 0 Å². The Bertz CT molecular complexity index is 236. The minimum atomic E-state index is 0.0899. The molecule has 0 aliphatic carbocycles. The molecule has 1 aliphatic rings. The maximum absolute atomic E-state index is 11.8. The summed E-state index contributed by atoms with van der Waals surface area (Å²) >= 11 is 0. The second kappa shape index (κ2) is 6.97. The Hall–Kier alpha value is -0.610. The van der Waals surface area contributed by atoms with Crippen molar-refractivity contribution in [2.24, 2.45) is 11.8 Å². The van der Waals surface area contributed by atoms with E-state index in [4.69, 9.17) is 4.74 Å². The van der Waals surface area contributed by atoms with Gasteiger partial charge in [-0.25, -0.2) is 0 Å². The maximum Gasteiger partial charge on any atom is 0.234 e. The van der Waals surface area contributed by atoms with Crippen LogP contribution in [0.1, 0.15) is 27.2 Å². The second-order valence-electron chi connectivity index (χ2n) is 5.56. The van der Waals surface area contributed by atoms with E-state index in [0.717, 1.165) is 13.1 Å². The molecule has 4 heteroatoms. The fourth-order valence-corrected chi connectivity index (χ4v) is 2.74. The molecule has 0 bridgehead atoms. The zero-order chi connectivity index (χ0) is 12.8. The number of nitrogens with zero attached hydrogens (tertiary/aromatic N) is 1. The zero-order valence-electron chi connectivity index (χ0n) is 11.5. The summed E-state index contributed by atoms with van der Waals surface area (Å²) in [5.74, 6) is 1.50. The molecule has 3 atom stereocenters. The number of nitrogens with one attached hydrogen (secondary N) is 1. The first-order valence-electron chi connectivity index (χ1n) is 6.52. The molecule has 1 amide bonds. The van der Waals surface area contributed by atoms with Crippen molar-refractivity contribution in [2.75, 3.05) is 33.4 Å². The molecule has 3 unspecified atom stereocenters. The number of carbonyl (C=O) groups excluding carboxylic acids is 1. The van der Waals surface area contributed by atoms with Crippen molar-refractivity contribution in [3.8, 4) is 0 Å². The smallest absolute Gasteiger partial charge is 0.234 e.